The van der Waals surface area contributed by atoms with E-state index in [4.69, 9.17) is 14.2 Å². The van der Waals surface area contributed by atoms with E-state index in [1.54, 1.807) is 7.11 Å². The van der Waals surface area contributed by atoms with Crippen molar-refractivity contribution in [2.75, 3.05) is 92.5 Å². The molecule has 2 aliphatic rings. The molecule has 0 aromatic rings. The molecule has 2 saturated heterocycles. The van der Waals surface area contributed by atoms with Crippen LogP contribution in [0.2, 0.25) is 0 Å². The Balaban J connectivity index is 1.42. The summed E-state index contributed by atoms with van der Waals surface area (Å²) in [4.78, 5) is 5.17. The number of piperazine rings is 1. The zero-order valence-electron chi connectivity index (χ0n) is 14.8. The van der Waals surface area contributed by atoms with Crippen LogP contribution in [0, 0.1) is 5.92 Å². The first-order valence-electron chi connectivity index (χ1n) is 9.18. The Hall–Kier alpha value is -0.240. The minimum atomic E-state index is 0.653. The highest BCUT2D eigenvalue weighted by molar-refractivity contribution is 4.77. The zero-order valence-corrected chi connectivity index (χ0v) is 14.8. The first-order valence-corrected chi connectivity index (χ1v) is 9.18. The van der Waals surface area contributed by atoms with E-state index < -0.39 is 0 Å². The second-order valence-electron chi connectivity index (χ2n) is 6.55. The molecule has 0 amide bonds. The van der Waals surface area contributed by atoms with Crippen LogP contribution in [0.1, 0.15) is 12.8 Å². The third-order valence-corrected chi connectivity index (χ3v) is 4.79. The van der Waals surface area contributed by atoms with Gasteiger partial charge in [0.15, 0.2) is 0 Å². The Bertz CT molecular complexity index is 280. The quantitative estimate of drug-likeness (QED) is 0.550. The average molecular weight is 329 g/mol. The van der Waals surface area contributed by atoms with Crippen LogP contribution in [0.25, 0.3) is 0 Å². The van der Waals surface area contributed by atoms with E-state index in [9.17, 15) is 0 Å². The minimum absolute atomic E-state index is 0.653. The number of nitrogens with one attached hydrogen (secondary N) is 1. The van der Waals surface area contributed by atoms with Gasteiger partial charge in [0.05, 0.1) is 33.0 Å². The van der Waals surface area contributed by atoms with Gasteiger partial charge in [-0.25, -0.2) is 0 Å². The van der Waals surface area contributed by atoms with Gasteiger partial charge >= 0.3 is 0 Å². The maximum atomic E-state index is 5.64. The summed E-state index contributed by atoms with van der Waals surface area (Å²) in [6, 6.07) is 0. The number of hydrogen-bond donors (Lipinski definition) is 1. The van der Waals surface area contributed by atoms with Crippen LogP contribution >= 0.6 is 0 Å². The molecule has 0 bridgehead atoms. The second-order valence-corrected chi connectivity index (χ2v) is 6.55. The molecule has 0 spiro atoms. The van der Waals surface area contributed by atoms with E-state index in [2.05, 4.69) is 15.1 Å². The number of hydrogen-bond acceptors (Lipinski definition) is 6. The highest BCUT2D eigenvalue weighted by atomic mass is 16.5. The van der Waals surface area contributed by atoms with Gasteiger partial charge in [0.2, 0.25) is 0 Å². The number of ether oxygens (including phenoxy) is 3. The third kappa shape index (κ3) is 8.42. The van der Waals surface area contributed by atoms with E-state index in [1.807, 2.05) is 0 Å². The maximum absolute atomic E-state index is 5.64. The fourth-order valence-electron chi connectivity index (χ4n) is 3.31. The van der Waals surface area contributed by atoms with E-state index >= 15 is 0 Å². The molecule has 0 aromatic carbocycles. The predicted molar refractivity (Wildman–Crippen MR) is 92.0 cm³/mol. The van der Waals surface area contributed by atoms with Crippen molar-refractivity contribution < 1.29 is 14.2 Å². The van der Waals surface area contributed by atoms with Gasteiger partial charge in [0.25, 0.3) is 0 Å². The average Bonchev–Trinajstić information content (AvgIpc) is 2.60. The molecule has 1 N–H and O–H groups in total. The van der Waals surface area contributed by atoms with Gasteiger partial charge in [-0.15, -0.1) is 0 Å². The fraction of sp³-hybridized carbons (Fsp3) is 1.00. The molecule has 6 nitrogen and oxygen atoms in total. The summed E-state index contributed by atoms with van der Waals surface area (Å²) in [6.07, 6.45) is 2.67. The smallest absolute Gasteiger partial charge is 0.0701 e. The molecule has 0 atom stereocenters. The van der Waals surface area contributed by atoms with Gasteiger partial charge in [-0.05, 0) is 31.8 Å². The summed E-state index contributed by atoms with van der Waals surface area (Å²) in [5.74, 6) is 0.888. The maximum Gasteiger partial charge on any atom is 0.0701 e. The summed E-state index contributed by atoms with van der Waals surface area (Å²) >= 11 is 0. The molecule has 0 aromatic heterocycles. The molecule has 0 saturated carbocycles. The van der Waals surface area contributed by atoms with Crippen LogP contribution in [0.5, 0.6) is 0 Å². The van der Waals surface area contributed by atoms with Gasteiger partial charge in [-0.1, -0.05) is 0 Å². The van der Waals surface area contributed by atoms with Gasteiger partial charge in [0, 0.05) is 46.4 Å². The first-order chi connectivity index (χ1) is 11.4. The fourth-order valence-corrected chi connectivity index (χ4v) is 3.31. The van der Waals surface area contributed by atoms with Crippen molar-refractivity contribution in [3.8, 4) is 0 Å². The molecule has 0 unspecified atom stereocenters. The molecule has 6 heteroatoms. The van der Waals surface area contributed by atoms with E-state index in [0.717, 1.165) is 32.2 Å². The predicted octanol–water partition coefficient (Wildman–Crippen LogP) is 0.283. The number of piperidine rings is 1. The van der Waals surface area contributed by atoms with Crippen molar-refractivity contribution in [1.82, 2.24) is 15.1 Å². The lowest BCUT2D eigenvalue weighted by atomic mass is 9.96. The molecule has 136 valence electrons. The summed E-state index contributed by atoms with van der Waals surface area (Å²) in [5, 5.41) is 3.43. The van der Waals surface area contributed by atoms with Crippen LogP contribution in [-0.2, 0) is 14.2 Å². The van der Waals surface area contributed by atoms with Crippen LogP contribution < -0.4 is 5.32 Å². The lowest BCUT2D eigenvalue weighted by Crippen LogP contribution is -2.47. The largest absolute Gasteiger partial charge is 0.382 e. The summed E-state index contributed by atoms with van der Waals surface area (Å²) in [6.45, 7) is 13.0. The summed E-state index contributed by atoms with van der Waals surface area (Å²) in [7, 11) is 1.69. The zero-order chi connectivity index (χ0) is 16.2. The monoisotopic (exact) mass is 329 g/mol. The normalized spacial score (nSPS) is 21.8. The molecule has 0 radical (unpaired) electrons. The van der Waals surface area contributed by atoms with Crippen molar-refractivity contribution >= 4 is 0 Å². The Kier molecular flexibility index (Phi) is 10.1. The molecule has 2 heterocycles. The van der Waals surface area contributed by atoms with Gasteiger partial charge < -0.3 is 29.3 Å². The highest BCUT2D eigenvalue weighted by Gasteiger charge is 2.21. The third-order valence-electron chi connectivity index (χ3n) is 4.79. The second kappa shape index (κ2) is 12.2. The SMILES string of the molecule is COCCOCCOCCN1CCC(CN2CCNCC2)CC1. The van der Waals surface area contributed by atoms with Crippen LogP contribution in [0.4, 0.5) is 0 Å². The van der Waals surface area contributed by atoms with E-state index in [-0.39, 0.29) is 0 Å². The van der Waals surface area contributed by atoms with Crippen molar-refractivity contribution in [2.45, 2.75) is 12.8 Å². The van der Waals surface area contributed by atoms with Crippen molar-refractivity contribution in [1.29, 1.82) is 0 Å². The lowest BCUT2D eigenvalue weighted by molar-refractivity contribution is 0.0167. The van der Waals surface area contributed by atoms with E-state index in [0.29, 0.717) is 26.4 Å². The number of rotatable bonds is 11. The first kappa shape index (κ1) is 19.1. The Morgan fingerprint density at radius 2 is 1.48 bits per heavy atom. The summed E-state index contributed by atoms with van der Waals surface area (Å²) < 4.78 is 15.9. The van der Waals surface area contributed by atoms with Gasteiger partial charge in [-0.3, -0.25) is 0 Å². The minimum Gasteiger partial charge on any atom is -0.382 e. The molecular formula is C17H35N3O3. The molecule has 2 rings (SSSR count). The van der Waals surface area contributed by atoms with Crippen LogP contribution in [-0.4, -0.2) is 102 Å². The van der Waals surface area contributed by atoms with Gasteiger partial charge in [-0.2, -0.15) is 0 Å². The molecular weight excluding hydrogens is 294 g/mol. The highest BCUT2D eigenvalue weighted by Crippen LogP contribution is 2.18. The number of methoxy groups -OCH3 is 1. The number of likely N-dealkylation sites (tertiary alicyclic amines) is 1. The van der Waals surface area contributed by atoms with Crippen molar-refractivity contribution in [3.63, 3.8) is 0 Å². The standard InChI is InChI=1S/C17H35N3O3/c1-21-12-13-23-15-14-22-11-10-19-6-2-17(3-7-19)16-20-8-4-18-5-9-20/h17-18H,2-16H2,1H3. The topological polar surface area (TPSA) is 46.2 Å². The number of nitrogens with zero attached hydrogens (tertiary/aromatic N) is 2. The Labute approximate surface area is 141 Å². The molecule has 0 aliphatic carbocycles. The van der Waals surface area contributed by atoms with Crippen molar-refractivity contribution in [2.24, 2.45) is 5.92 Å². The summed E-state index contributed by atoms with van der Waals surface area (Å²) in [5.41, 5.74) is 0. The molecule has 2 fully saturated rings. The van der Waals surface area contributed by atoms with Crippen LogP contribution in [0.3, 0.4) is 0 Å². The van der Waals surface area contributed by atoms with E-state index in [1.165, 1.54) is 45.6 Å². The van der Waals surface area contributed by atoms with Gasteiger partial charge in [0.1, 0.15) is 0 Å². The Morgan fingerprint density at radius 1 is 0.826 bits per heavy atom. The Morgan fingerprint density at radius 3 is 2.17 bits per heavy atom. The molecule has 23 heavy (non-hydrogen) atoms. The molecule has 2 aliphatic heterocycles. The lowest BCUT2D eigenvalue weighted by Gasteiger charge is -2.36. The van der Waals surface area contributed by atoms with Crippen LogP contribution in [0.15, 0.2) is 0 Å². The van der Waals surface area contributed by atoms with Crippen molar-refractivity contribution in [3.05, 3.63) is 0 Å².